The normalized spacial score (nSPS) is 19.3. The maximum absolute atomic E-state index is 4.12. The Hall–Kier alpha value is -0.970. The van der Waals surface area contributed by atoms with E-state index in [1.54, 1.807) is 7.05 Å². The molecule has 1 atom stereocenters. The second kappa shape index (κ2) is 4.04. The third-order valence-electron chi connectivity index (χ3n) is 2.99. The van der Waals surface area contributed by atoms with Crippen molar-refractivity contribution < 1.29 is 0 Å². The van der Waals surface area contributed by atoms with Crippen molar-refractivity contribution in [2.75, 3.05) is 0 Å². The number of aromatic nitrogens is 4. The van der Waals surface area contributed by atoms with E-state index in [2.05, 4.69) is 27.7 Å². The Morgan fingerprint density at radius 1 is 1.57 bits per heavy atom. The molecule has 1 unspecified atom stereocenters. The highest BCUT2D eigenvalue weighted by Gasteiger charge is 2.23. The highest BCUT2D eigenvalue weighted by atomic mass is 15.6. The first kappa shape index (κ1) is 9.58. The molecule has 5 heteroatoms. The van der Waals surface area contributed by atoms with Crippen LogP contribution in [0.1, 0.15) is 32.0 Å². The zero-order valence-electron chi connectivity index (χ0n) is 8.77. The van der Waals surface area contributed by atoms with E-state index in [9.17, 15) is 0 Å². The van der Waals surface area contributed by atoms with Crippen LogP contribution >= 0.6 is 0 Å². The third kappa shape index (κ3) is 2.09. The zero-order chi connectivity index (χ0) is 9.97. The summed E-state index contributed by atoms with van der Waals surface area (Å²) in [5, 5.41) is 15.3. The van der Waals surface area contributed by atoms with E-state index in [1.807, 2.05) is 0 Å². The third-order valence-corrected chi connectivity index (χ3v) is 2.99. The summed E-state index contributed by atoms with van der Waals surface area (Å²) < 4.78 is 0. The van der Waals surface area contributed by atoms with E-state index in [4.69, 9.17) is 0 Å². The van der Waals surface area contributed by atoms with Crippen molar-refractivity contribution in [2.45, 2.75) is 38.8 Å². The van der Waals surface area contributed by atoms with Gasteiger partial charge in [0.25, 0.3) is 0 Å². The predicted molar refractivity (Wildman–Crippen MR) is 52.4 cm³/mol. The van der Waals surface area contributed by atoms with E-state index in [1.165, 1.54) is 24.1 Å². The van der Waals surface area contributed by atoms with Gasteiger partial charge in [0.1, 0.15) is 0 Å². The molecule has 0 aromatic carbocycles. The van der Waals surface area contributed by atoms with Crippen LogP contribution in [0.15, 0.2) is 0 Å². The van der Waals surface area contributed by atoms with Crippen LogP contribution in [0.2, 0.25) is 0 Å². The summed E-state index contributed by atoms with van der Waals surface area (Å²) in [5.41, 5.74) is 0. The molecule has 0 bridgehead atoms. The molecule has 0 spiro atoms. The molecule has 14 heavy (non-hydrogen) atoms. The van der Waals surface area contributed by atoms with Gasteiger partial charge >= 0.3 is 0 Å². The van der Waals surface area contributed by atoms with Crippen molar-refractivity contribution in [3.63, 3.8) is 0 Å². The Balaban J connectivity index is 1.76. The number of hydrogen-bond donors (Lipinski definition) is 1. The van der Waals surface area contributed by atoms with E-state index < -0.39 is 0 Å². The fourth-order valence-corrected chi connectivity index (χ4v) is 1.75. The predicted octanol–water partition coefficient (Wildman–Crippen LogP) is 0.488. The molecule has 1 aromatic heterocycles. The number of nitrogens with one attached hydrogen (secondary N) is 1. The number of hydrogen-bond acceptors (Lipinski definition) is 4. The van der Waals surface area contributed by atoms with Crippen LogP contribution in [-0.2, 0) is 13.6 Å². The van der Waals surface area contributed by atoms with E-state index >= 15 is 0 Å². The van der Waals surface area contributed by atoms with Gasteiger partial charge in [-0.1, -0.05) is 6.42 Å². The Kier molecular flexibility index (Phi) is 2.77. The maximum atomic E-state index is 4.12. The van der Waals surface area contributed by atoms with Crippen molar-refractivity contribution in [3.05, 3.63) is 5.82 Å². The molecule has 1 aromatic rings. The lowest BCUT2D eigenvalue weighted by atomic mass is 9.80. The molecule has 1 saturated carbocycles. The molecular weight excluding hydrogens is 178 g/mol. The SMILES string of the molecule is CC(NCc1nnn(C)n1)C1CCC1. The second-order valence-corrected chi connectivity index (χ2v) is 4.06. The molecule has 1 fully saturated rings. The minimum Gasteiger partial charge on any atom is -0.307 e. The van der Waals surface area contributed by atoms with Gasteiger partial charge in [-0.15, -0.1) is 10.2 Å². The van der Waals surface area contributed by atoms with Crippen LogP contribution in [-0.4, -0.2) is 26.2 Å². The van der Waals surface area contributed by atoms with Crippen molar-refractivity contribution in [2.24, 2.45) is 13.0 Å². The van der Waals surface area contributed by atoms with Crippen molar-refractivity contribution in [1.29, 1.82) is 0 Å². The standard InChI is InChI=1S/C9H17N5/c1-7(8-4-3-5-8)10-6-9-11-13-14(2)12-9/h7-8,10H,3-6H2,1-2H3. The number of aryl methyl sites for hydroxylation is 1. The second-order valence-electron chi connectivity index (χ2n) is 4.06. The Morgan fingerprint density at radius 2 is 2.36 bits per heavy atom. The quantitative estimate of drug-likeness (QED) is 0.759. The van der Waals surface area contributed by atoms with Crippen LogP contribution in [0, 0.1) is 5.92 Å². The van der Waals surface area contributed by atoms with Gasteiger partial charge in [-0.2, -0.15) is 4.80 Å². The van der Waals surface area contributed by atoms with Gasteiger partial charge in [0.2, 0.25) is 0 Å². The first-order valence-electron chi connectivity index (χ1n) is 5.22. The Labute approximate surface area is 83.9 Å². The van der Waals surface area contributed by atoms with Crippen LogP contribution in [0.3, 0.4) is 0 Å². The van der Waals surface area contributed by atoms with Gasteiger partial charge in [-0.05, 0) is 30.9 Å². The molecule has 5 nitrogen and oxygen atoms in total. The maximum Gasteiger partial charge on any atom is 0.188 e. The fraction of sp³-hybridized carbons (Fsp3) is 0.889. The molecule has 2 rings (SSSR count). The molecule has 1 N–H and O–H groups in total. The van der Waals surface area contributed by atoms with Crippen LogP contribution in [0.5, 0.6) is 0 Å². The number of tetrazole rings is 1. The topological polar surface area (TPSA) is 55.6 Å². The average Bonchev–Trinajstić information content (AvgIpc) is 2.45. The van der Waals surface area contributed by atoms with Gasteiger partial charge in [0, 0.05) is 6.04 Å². The molecule has 0 amide bonds. The summed E-state index contributed by atoms with van der Waals surface area (Å²) in [5.74, 6) is 1.63. The molecule has 0 saturated heterocycles. The van der Waals surface area contributed by atoms with Gasteiger partial charge < -0.3 is 5.32 Å². The lowest BCUT2D eigenvalue weighted by Gasteiger charge is -2.31. The average molecular weight is 195 g/mol. The van der Waals surface area contributed by atoms with Crippen molar-refractivity contribution in [3.8, 4) is 0 Å². The summed E-state index contributed by atoms with van der Waals surface area (Å²) in [6.45, 7) is 2.96. The van der Waals surface area contributed by atoms with Gasteiger partial charge in [-0.3, -0.25) is 0 Å². The summed E-state index contributed by atoms with van der Waals surface area (Å²) in [6.07, 6.45) is 4.12. The van der Waals surface area contributed by atoms with Crippen LogP contribution in [0.25, 0.3) is 0 Å². The first-order chi connectivity index (χ1) is 6.75. The molecule has 1 heterocycles. The largest absolute Gasteiger partial charge is 0.307 e. The molecule has 1 aliphatic carbocycles. The number of nitrogens with zero attached hydrogens (tertiary/aromatic N) is 4. The number of rotatable bonds is 4. The highest BCUT2D eigenvalue weighted by Crippen LogP contribution is 2.29. The van der Waals surface area contributed by atoms with Crippen molar-refractivity contribution >= 4 is 0 Å². The summed E-state index contributed by atoms with van der Waals surface area (Å²) in [7, 11) is 1.78. The highest BCUT2D eigenvalue weighted by molar-refractivity contribution is 4.82. The van der Waals surface area contributed by atoms with Gasteiger partial charge in [0.05, 0.1) is 13.6 Å². The Morgan fingerprint density at radius 3 is 2.86 bits per heavy atom. The molecule has 78 valence electrons. The van der Waals surface area contributed by atoms with Gasteiger partial charge in [-0.25, -0.2) is 0 Å². The van der Waals surface area contributed by atoms with Crippen molar-refractivity contribution in [1.82, 2.24) is 25.5 Å². The lowest BCUT2D eigenvalue weighted by molar-refractivity contribution is 0.239. The molecule has 1 aliphatic rings. The fourth-order valence-electron chi connectivity index (χ4n) is 1.75. The minimum atomic E-state index is 0.576. The molecule has 0 aliphatic heterocycles. The summed E-state index contributed by atoms with van der Waals surface area (Å²) >= 11 is 0. The summed E-state index contributed by atoms with van der Waals surface area (Å²) in [4.78, 5) is 1.49. The zero-order valence-corrected chi connectivity index (χ0v) is 8.77. The monoisotopic (exact) mass is 195 g/mol. The van der Waals surface area contributed by atoms with Crippen LogP contribution in [0.4, 0.5) is 0 Å². The molecular formula is C9H17N5. The smallest absolute Gasteiger partial charge is 0.188 e. The van der Waals surface area contributed by atoms with E-state index in [-0.39, 0.29) is 0 Å². The Bertz CT molecular complexity index is 291. The summed E-state index contributed by atoms with van der Waals surface area (Å²) in [6, 6.07) is 0.576. The van der Waals surface area contributed by atoms with E-state index in [0.717, 1.165) is 18.3 Å². The van der Waals surface area contributed by atoms with Gasteiger partial charge in [0.15, 0.2) is 5.82 Å². The first-order valence-corrected chi connectivity index (χ1v) is 5.22. The lowest BCUT2D eigenvalue weighted by Crippen LogP contribution is -2.36. The minimum absolute atomic E-state index is 0.576. The van der Waals surface area contributed by atoms with Crippen LogP contribution < -0.4 is 5.32 Å². The molecule has 0 radical (unpaired) electrons. The van der Waals surface area contributed by atoms with E-state index in [0.29, 0.717) is 6.04 Å².